The summed E-state index contributed by atoms with van der Waals surface area (Å²) in [4.78, 5) is 9.14. The first kappa shape index (κ1) is 14.9. The van der Waals surface area contributed by atoms with Gasteiger partial charge in [0.2, 0.25) is 0 Å². The molecule has 0 amide bonds. The maximum atomic E-state index is 4.62. The van der Waals surface area contributed by atoms with Crippen LogP contribution in [0.2, 0.25) is 0 Å². The zero-order chi connectivity index (χ0) is 14.0. The first-order chi connectivity index (χ1) is 8.83. The molecular weight excluding hydrogens is 274 g/mol. The van der Waals surface area contributed by atoms with Gasteiger partial charge in [-0.25, -0.2) is 4.98 Å². The number of amidine groups is 1. The minimum atomic E-state index is 0.248. The van der Waals surface area contributed by atoms with Gasteiger partial charge in [0.25, 0.3) is 0 Å². The molecule has 0 aliphatic carbocycles. The Morgan fingerprint density at radius 2 is 2.21 bits per heavy atom. The van der Waals surface area contributed by atoms with Gasteiger partial charge in [-0.1, -0.05) is 32.5 Å². The predicted molar refractivity (Wildman–Crippen MR) is 86.2 cm³/mol. The van der Waals surface area contributed by atoms with E-state index in [0.717, 1.165) is 22.4 Å². The van der Waals surface area contributed by atoms with Crippen LogP contribution in [-0.4, -0.2) is 21.9 Å². The number of hydrogen-bond donors (Lipinski definition) is 1. The van der Waals surface area contributed by atoms with Crippen molar-refractivity contribution in [3.8, 4) is 0 Å². The van der Waals surface area contributed by atoms with Gasteiger partial charge in [0, 0.05) is 16.3 Å². The Morgan fingerprint density at radius 1 is 1.47 bits per heavy atom. The second-order valence-electron chi connectivity index (χ2n) is 6.34. The van der Waals surface area contributed by atoms with E-state index in [-0.39, 0.29) is 6.04 Å². The van der Waals surface area contributed by atoms with E-state index in [0.29, 0.717) is 10.7 Å². The molecule has 0 saturated heterocycles. The summed E-state index contributed by atoms with van der Waals surface area (Å²) in [6.45, 7) is 12.0. The predicted octanol–water partition coefficient (Wildman–Crippen LogP) is 4.01. The summed E-state index contributed by atoms with van der Waals surface area (Å²) in [5.74, 6) is 0. The third kappa shape index (κ3) is 4.49. The monoisotopic (exact) mass is 297 g/mol. The molecule has 5 heteroatoms. The number of aliphatic imine (C=N–C) groups is 1. The van der Waals surface area contributed by atoms with Gasteiger partial charge in [0.05, 0.1) is 12.6 Å². The van der Waals surface area contributed by atoms with E-state index in [1.165, 1.54) is 6.42 Å². The normalized spacial score (nSPS) is 21.3. The van der Waals surface area contributed by atoms with Gasteiger partial charge in [0.15, 0.2) is 5.17 Å². The van der Waals surface area contributed by atoms with Crippen LogP contribution in [0.5, 0.6) is 0 Å². The Balaban J connectivity index is 1.85. The molecular formula is C14H23N3S2. The largest absolute Gasteiger partial charge is 0.356 e. The highest BCUT2D eigenvalue weighted by atomic mass is 32.2. The van der Waals surface area contributed by atoms with Crippen LogP contribution in [0.1, 0.15) is 50.9 Å². The van der Waals surface area contributed by atoms with Crippen molar-refractivity contribution < 1.29 is 0 Å². The molecule has 2 heterocycles. The van der Waals surface area contributed by atoms with Crippen LogP contribution in [0.3, 0.4) is 0 Å². The van der Waals surface area contributed by atoms with Crippen molar-refractivity contribution in [3.63, 3.8) is 0 Å². The fourth-order valence-electron chi connectivity index (χ4n) is 2.10. The molecule has 106 valence electrons. The van der Waals surface area contributed by atoms with E-state index in [1.807, 2.05) is 18.7 Å². The van der Waals surface area contributed by atoms with Crippen molar-refractivity contribution in [1.29, 1.82) is 0 Å². The number of aryl methyl sites for hydroxylation is 1. The SMILES string of the molecule is Cc1csc(C(C)NC2=NCC(CC(C)(C)C)S2)n1. The van der Waals surface area contributed by atoms with E-state index >= 15 is 0 Å². The maximum Gasteiger partial charge on any atom is 0.157 e. The number of nitrogens with zero attached hydrogens (tertiary/aromatic N) is 2. The Hall–Kier alpha value is -0.550. The Labute approximate surface area is 124 Å². The van der Waals surface area contributed by atoms with E-state index in [9.17, 15) is 0 Å². The lowest BCUT2D eigenvalue weighted by Crippen LogP contribution is -2.24. The Morgan fingerprint density at radius 3 is 2.79 bits per heavy atom. The minimum absolute atomic E-state index is 0.248. The molecule has 19 heavy (non-hydrogen) atoms. The van der Waals surface area contributed by atoms with Crippen LogP contribution in [0.25, 0.3) is 0 Å². The Bertz CT molecular complexity index is 460. The number of thiazole rings is 1. The van der Waals surface area contributed by atoms with Crippen molar-refractivity contribution in [3.05, 3.63) is 16.1 Å². The highest BCUT2D eigenvalue weighted by molar-refractivity contribution is 8.14. The third-order valence-electron chi connectivity index (χ3n) is 2.90. The van der Waals surface area contributed by atoms with Gasteiger partial charge in [0.1, 0.15) is 5.01 Å². The number of rotatable bonds is 3. The van der Waals surface area contributed by atoms with Crippen molar-refractivity contribution in [2.75, 3.05) is 6.54 Å². The first-order valence-corrected chi connectivity index (χ1v) is 8.49. The zero-order valence-electron chi connectivity index (χ0n) is 12.4. The van der Waals surface area contributed by atoms with Gasteiger partial charge >= 0.3 is 0 Å². The molecule has 2 rings (SSSR count). The fraction of sp³-hybridized carbons (Fsp3) is 0.714. The summed E-state index contributed by atoms with van der Waals surface area (Å²) >= 11 is 3.60. The summed E-state index contributed by atoms with van der Waals surface area (Å²) in [6, 6.07) is 0.248. The topological polar surface area (TPSA) is 37.3 Å². The van der Waals surface area contributed by atoms with Crippen LogP contribution in [0, 0.1) is 12.3 Å². The standard InChI is InChI=1S/C14H23N3S2/c1-9-8-18-12(16-9)10(2)17-13-15-7-11(19-13)6-14(3,4)5/h8,10-11H,6-7H2,1-5H3,(H,15,17). The van der Waals surface area contributed by atoms with Gasteiger partial charge in [-0.05, 0) is 25.7 Å². The highest BCUT2D eigenvalue weighted by Crippen LogP contribution is 2.32. The first-order valence-electron chi connectivity index (χ1n) is 6.73. The molecule has 0 radical (unpaired) electrons. The van der Waals surface area contributed by atoms with E-state index < -0.39 is 0 Å². The van der Waals surface area contributed by atoms with E-state index in [4.69, 9.17) is 0 Å². The second-order valence-corrected chi connectivity index (χ2v) is 8.52. The molecule has 0 aromatic carbocycles. The number of nitrogens with one attached hydrogen (secondary N) is 1. The molecule has 0 fully saturated rings. The van der Waals surface area contributed by atoms with Crippen molar-refractivity contribution >= 4 is 28.3 Å². The Kier molecular flexibility index (Phi) is 4.56. The molecule has 2 unspecified atom stereocenters. The van der Waals surface area contributed by atoms with Crippen molar-refractivity contribution in [1.82, 2.24) is 10.3 Å². The molecule has 0 spiro atoms. The second kappa shape index (κ2) is 5.83. The van der Waals surface area contributed by atoms with Gasteiger partial charge < -0.3 is 5.32 Å². The number of aromatic nitrogens is 1. The van der Waals surface area contributed by atoms with E-state index in [1.54, 1.807) is 11.3 Å². The van der Waals surface area contributed by atoms with Crippen LogP contribution in [-0.2, 0) is 0 Å². The average molecular weight is 297 g/mol. The van der Waals surface area contributed by atoms with Crippen molar-refractivity contribution in [2.45, 2.75) is 52.3 Å². The smallest absolute Gasteiger partial charge is 0.157 e. The zero-order valence-corrected chi connectivity index (χ0v) is 14.0. The molecule has 0 bridgehead atoms. The summed E-state index contributed by atoms with van der Waals surface area (Å²) < 4.78 is 0. The molecule has 3 nitrogen and oxygen atoms in total. The lowest BCUT2D eigenvalue weighted by atomic mass is 9.90. The third-order valence-corrected chi connectivity index (χ3v) is 5.17. The fourth-order valence-corrected chi connectivity index (χ4v) is 4.35. The van der Waals surface area contributed by atoms with Gasteiger partial charge in [-0.2, -0.15) is 0 Å². The van der Waals surface area contributed by atoms with Gasteiger partial charge in [-0.15, -0.1) is 11.3 Å². The molecule has 1 aromatic heterocycles. The van der Waals surface area contributed by atoms with Crippen LogP contribution >= 0.6 is 23.1 Å². The van der Waals surface area contributed by atoms with Crippen LogP contribution in [0.4, 0.5) is 0 Å². The molecule has 1 aliphatic heterocycles. The number of hydrogen-bond acceptors (Lipinski definition) is 5. The van der Waals surface area contributed by atoms with Crippen molar-refractivity contribution in [2.24, 2.45) is 10.4 Å². The highest BCUT2D eigenvalue weighted by Gasteiger charge is 2.26. The molecule has 1 aliphatic rings. The molecule has 1 N–H and O–H groups in total. The summed E-state index contributed by atoms with van der Waals surface area (Å²) in [7, 11) is 0. The number of thioether (sulfide) groups is 1. The lowest BCUT2D eigenvalue weighted by Gasteiger charge is -2.21. The quantitative estimate of drug-likeness (QED) is 0.916. The summed E-state index contributed by atoms with van der Waals surface area (Å²) in [5.41, 5.74) is 1.47. The molecule has 1 aromatic rings. The van der Waals surface area contributed by atoms with Crippen LogP contribution < -0.4 is 5.32 Å². The maximum absolute atomic E-state index is 4.62. The summed E-state index contributed by atoms with van der Waals surface area (Å²) in [6.07, 6.45) is 1.21. The van der Waals surface area contributed by atoms with E-state index in [2.05, 4.69) is 48.4 Å². The molecule has 0 saturated carbocycles. The van der Waals surface area contributed by atoms with Crippen LogP contribution in [0.15, 0.2) is 10.4 Å². The summed E-state index contributed by atoms with van der Waals surface area (Å²) in [5, 5.41) is 8.42. The minimum Gasteiger partial charge on any atom is -0.356 e. The van der Waals surface area contributed by atoms with Gasteiger partial charge in [-0.3, -0.25) is 4.99 Å². The average Bonchev–Trinajstić information content (AvgIpc) is 2.85. The lowest BCUT2D eigenvalue weighted by molar-refractivity contribution is 0.375. The molecule has 2 atom stereocenters.